The van der Waals surface area contributed by atoms with E-state index in [0.29, 0.717) is 12.8 Å². The van der Waals surface area contributed by atoms with Gasteiger partial charge < -0.3 is 9.47 Å². The van der Waals surface area contributed by atoms with Crippen molar-refractivity contribution in [2.24, 2.45) is 5.92 Å². The number of rotatable bonds is 4. The zero-order valence-corrected chi connectivity index (χ0v) is 14.0. The summed E-state index contributed by atoms with van der Waals surface area (Å²) in [5.74, 6) is -1.19. The Labute approximate surface area is 141 Å². The second-order valence-corrected chi connectivity index (χ2v) is 7.97. The van der Waals surface area contributed by atoms with E-state index in [1.807, 2.05) is 0 Å². The first-order chi connectivity index (χ1) is 10.9. The maximum atomic E-state index is 13.1. The Bertz CT molecular complexity index is 778. The summed E-state index contributed by atoms with van der Waals surface area (Å²) in [6.07, 6.45) is -2.80. The SMILES string of the molecule is O=S(=O)(N(CC1CC1)c1ccc2c(c1Br)OC(F)(F)O2)C(F)(F)F. The van der Waals surface area contributed by atoms with E-state index >= 15 is 0 Å². The molecule has 1 heterocycles. The maximum Gasteiger partial charge on any atom is 0.586 e. The number of hydrogen-bond donors (Lipinski definition) is 0. The van der Waals surface area contributed by atoms with Crippen molar-refractivity contribution in [1.29, 1.82) is 0 Å². The zero-order valence-electron chi connectivity index (χ0n) is 11.6. The highest BCUT2D eigenvalue weighted by atomic mass is 79.9. The van der Waals surface area contributed by atoms with Crippen LogP contribution in [-0.4, -0.2) is 26.8 Å². The average molecular weight is 438 g/mol. The van der Waals surface area contributed by atoms with Crippen LogP contribution in [0.15, 0.2) is 16.6 Å². The Balaban J connectivity index is 2.07. The summed E-state index contributed by atoms with van der Waals surface area (Å²) >= 11 is 2.84. The van der Waals surface area contributed by atoms with Gasteiger partial charge in [-0.25, -0.2) is 0 Å². The number of sulfonamides is 1. The molecule has 1 fully saturated rings. The Hall–Kier alpha value is -1.30. The first kappa shape index (κ1) is 17.5. The van der Waals surface area contributed by atoms with Crippen LogP contribution >= 0.6 is 15.9 Å². The second kappa shape index (κ2) is 5.35. The van der Waals surface area contributed by atoms with Crippen LogP contribution in [0.4, 0.5) is 27.6 Å². The van der Waals surface area contributed by atoms with E-state index in [0.717, 1.165) is 12.1 Å². The third-order valence-electron chi connectivity index (χ3n) is 3.46. The zero-order chi connectivity index (χ0) is 17.9. The van der Waals surface area contributed by atoms with Crippen LogP contribution in [0.25, 0.3) is 0 Å². The standard InChI is InChI=1S/C12H9BrF5NO4S/c13-9-7(3-4-8-10(9)23-12(17,18)22-8)19(5-6-1-2-6)24(20,21)11(14,15)16/h3-4,6H,1-2,5H2. The lowest BCUT2D eigenvalue weighted by molar-refractivity contribution is -0.286. The fraction of sp³-hybridized carbons (Fsp3) is 0.500. The van der Waals surface area contributed by atoms with Crippen LogP contribution in [0.3, 0.4) is 0 Å². The Morgan fingerprint density at radius 2 is 1.88 bits per heavy atom. The summed E-state index contributed by atoms with van der Waals surface area (Å²) in [6, 6.07) is 1.89. The molecule has 1 aromatic carbocycles. The monoisotopic (exact) mass is 437 g/mol. The number of benzene rings is 1. The average Bonchev–Trinajstić information content (AvgIpc) is 3.18. The molecular formula is C12H9BrF5NO4S. The summed E-state index contributed by atoms with van der Waals surface area (Å²) in [7, 11) is -5.70. The first-order valence-electron chi connectivity index (χ1n) is 6.60. The molecule has 2 aliphatic rings. The summed E-state index contributed by atoms with van der Waals surface area (Å²) in [5, 5.41) is 0. The van der Waals surface area contributed by atoms with E-state index in [2.05, 4.69) is 25.4 Å². The highest BCUT2D eigenvalue weighted by molar-refractivity contribution is 9.10. The molecule has 0 amide bonds. The molecule has 0 radical (unpaired) electrons. The van der Waals surface area contributed by atoms with E-state index in [-0.39, 0.29) is 14.7 Å². The van der Waals surface area contributed by atoms with Crippen molar-refractivity contribution in [3.05, 3.63) is 16.6 Å². The van der Waals surface area contributed by atoms with E-state index in [1.54, 1.807) is 0 Å². The number of fused-ring (bicyclic) bond motifs is 1. The van der Waals surface area contributed by atoms with Gasteiger partial charge in [-0.2, -0.15) is 21.6 Å². The van der Waals surface area contributed by atoms with Crippen LogP contribution in [0.1, 0.15) is 12.8 Å². The molecule has 0 bridgehead atoms. The van der Waals surface area contributed by atoms with Gasteiger partial charge in [0.25, 0.3) is 0 Å². The third kappa shape index (κ3) is 3.01. The van der Waals surface area contributed by atoms with E-state index in [9.17, 15) is 30.4 Å². The van der Waals surface area contributed by atoms with Gasteiger partial charge in [-0.05, 0) is 46.8 Å². The number of hydrogen-bond acceptors (Lipinski definition) is 4. The van der Waals surface area contributed by atoms with Gasteiger partial charge in [0, 0.05) is 6.54 Å². The fourth-order valence-electron chi connectivity index (χ4n) is 2.15. The van der Waals surface area contributed by atoms with Crippen molar-refractivity contribution in [2.45, 2.75) is 24.6 Å². The van der Waals surface area contributed by atoms with Crippen LogP contribution in [0.2, 0.25) is 0 Å². The molecule has 1 aliphatic carbocycles. The number of nitrogens with zero attached hydrogens (tertiary/aromatic N) is 1. The van der Waals surface area contributed by atoms with E-state index in [4.69, 9.17) is 0 Å². The molecule has 1 aromatic rings. The molecule has 1 saturated carbocycles. The number of halogens is 6. The molecule has 1 aliphatic heterocycles. The van der Waals surface area contributed by atoms with Gasteiger partial charge in [-0.1, -0.05) is 0 Å². The quantitative estimate of drug-likeness (QED) is 0.671. The van der Waals surface area contributed by atoms with Crippen molar-refractivity contribution in [1.82, 2.24) is 0 Å². The smallest absolute Gasteiger partial charge is 0.395 e. The van der Waals surface area contributed by atoms with Crippen LogP contribution in [-0.2, 0) is 10.0 Å². The van der Waals surface area contributed by atoms with Gasteiger partial charge >= 0.3 is 21.8 Å². The molecule has 12 heteroatoms. The van der Waals surface area contributed by atoms with Gasteiger partial charge in [0.15, 0.2) is 11.5 Å². The summed E-state index contributed by atoms with van der Waals surface area (Å²) in [4.78, 5) is 0. The normalized spacial score (nSPS) is 19.4. The van der Waals surface area contributed by atoms with Gasteiger partial charge in [0.1, 0.15) is 0 Å². The molecule has 0 saturated heterocycles. The predicted octanol–water partition coefficient (Wildman–Crippen LogP) is 3.84. The molecule has 0 unspecified atom stereocenters. The summed E-state index contributed by atoms with van der Waals surface area (Å²) in [5.41, 5.74) is -5.97. The van der Waals surface area contributed by atoms with Gasteiger partial charge in [0.2, 0.25) is 0 Å². The lowest BCUT2D eigenvalue weighted by atomic mass is 10.2. The topological polar surface area (TPSA) is 55.8 Å². The lowest BCUT2D eigenvalue weighted by Gasteiger charge is -2.26. The van der Waals surface area contributed by atoms with E-state index < -0.39 is 45.6 Å². The Morgan fingerprint density at radius 1 is 1.25 bits per heavy atom. The molecule has 0 aromatic heterocycles. The highest BCUT2D eigenvalue weighted by Gasteiger charge is 2.52. The molecule has 3 rings (SSSR count). The molecule has 0 spiro atoms. The minimum atomic E-state index is -5.70. The predicted molar refractivity (Wildman–Crippen MR) is 75.4 cm³/mol. The van der Waals surface area contributed by atoms with Crippen LogP contribution < -0.4 is 13.8 Å². The largest absolute Gasteiger partial charge is 0.586 e. The molecular weight excluding hydrogens is 429 g/mol. The number of alkyl halides is 5. The Kier molecular flexibility index (Phi) is 3.90. The van der Waals surface area contributed by atoms with Crippen LogP contribution in [0, 0.1) is 5.92 Å². The van der Waals surface area contributed by atoms with Gasteiger partial charge in [-0.3, -0.25) is 4.31 Å². The van der Waals surface area contributed by atoms with Crippen molar-refractivity contribution in [3.63, 3.8) is 0 Å². The summed E-state index contributed by atoms with van der Waals surface area (Å²) < 4.78 is 97.0. The lowest BCUT2D eigenvalue weighted by Crippen LogP contribution is -2.42. The molecule has 5 nitrogen and oxygen atoms in total. The minimum absolute atomic E-state index is 0.162. The van der Waals surface area contributed by atoms with E-state index in [1.165, 1.54) is 0 Å². The number of anilines is 1. The van der Waals surface area contributed by atoms with Crippen LogP contribution in [0.5, 0.6) is 11.5 Å². The van der Waals surface area contributed by atoms with Gasteiger partial charge in [0.05, 0.1) is 10.2 Å². The maximum absolute atomic E-state index is 13.1. The first-order valence-corrected chi connectivity index (χ1v) is 8.83. The highest BCUT2D eigenvalue weighted by Crippen LogP contribution is 2.50. The fourth-order valence-corrected chi connectivity index (χ4v) is 3.96. The minimum Gasteiger partial charge on any atom is -0.395 e. The Morgan fingerprint density at radius 3 is 2.42 bits per heavy atom. The molecule has 24 heavy (non-hydrogen) atoms. The summed E-state index contributed by atoms with van der Waals surface area (Å²) in [6.45, 7) is -0.406. The molecule has 0 N–H and O–H groups in total. The van der Waals surface area contributed by atoms with Crippen molar-refractivity contribution in [3.8, 4) is 11.5 Å². The second-order valence-electron chi connectivity index (χ2n) is 5.32. The van der Waals surface area contributed by atoms with Crippen molar-refractivity contribution >= 4 is 31.6 Å². The van der Waals surface area contributed by atoms with Crippen molar-refractivity contribution in [2.75, 3.05) is 10.8 Å². The third-order valence-corrected chi connectivity index (χ3v) is 5.74. The van der Waals surface area contributed by atoms with Gasteiger partial charge in [-0.15, -0.1) is 8.78 Å². The molecule has 0 atom stereocenters. The number of ether oxygens (including phenoxy) is 2. The van der Waals surface area contributed by atoms with Crippen molar-refractivity contribution < 1.29 is 39.8 Å². The molecule has 134 valence electrons.